The largest absolute Gasteiger partial charge is 0.506 e. The number of ether oxygens (including phenoxy) is 6. The lowest BCUT2D eigenvalue weighted by Gasteiger charge is -2.35. The fraction of sp³-hybridized carbons (Fsp3) is 0.680. The topological polar surface area (TPSA) is 95.8 Å². The lowest BCUT2D eigenvalue weighted by Crippen LogP contribution is -2.22. The highest BCUT2D eigenvalue weighted by atomic mass is 79.9. The first-order valence-electron chi connectivity index (χ1n) is 35.2. The van der Waals surface area contributed by atoms with Crippen molar-refractivity contribution in [1.82, 2.24) is 0 Å². The van der Waals surface area contributed by atoms with E-state index < -0.39 is 0 Å². The van der Waals surface area contributed by atoms with Crippen molar-refractivity contribution in [2.24, 2.45) is 0 Å². The van der Waals surface area contributed by atoms with Gasteiger partial charge in [0.15, 0.2) is 0 Å². The predicted octanol–water partition coefficient (Wildman–Crippen LogP) is 25.9. The number of unbranched alkanes of at least 4 members (excludes halogenated alkanes) is 32. The SMILES string of the molecule is CCCCCCCCCCCC1c2cc3c(c(Br)c2O)OCOc2c(cc4c(c2Br)OCOc2c(cc5c(c2Br)OCOc2c(cc1c(O)c2Br)C5CCCCCCCCCCC)C4CCCCCCCCCCC)C3CCCCCCCCCCC. The van der Waals surface area contributed by atoms with Gasteiger partial charge in [0.2, 0.25) is 20.4 Å². The molecule has 0 radical (unpaired) electrons. The second-order valence-corrected chi connectivity index (χ2v) is 29.2. The van der Waals surface area contributed by atoms with Gasteiger partial charge in [-0.15, -0.1) is 0 Å². The van der Waals surface area contributed by atoms with Gasteiger partial charge in [-0.25, -0.2) is 0 Å². The van der Waals surface area contributed by atoms with Crippen LogP contribution in [0.4, 0.5) is 0 Å². The zero-order chi connectivity index (χ0) is 61.3. The van der Waals surface area contributed by atoms with E-state index in [9.17, 15) is 10.2 Å². The molecule has 8 bridgehead atoms. The molecule has 0 aromatic heterocycles. The lowest BCUT2D eigenvalue weighted by atomic mass is 9.76. The van der Waals surface area contributed by atoms with Crippen LogP contribution in [-0.2, 0) is 0 Å². The summed E-state index contributed by atoms with van der Waals surface area (Å²) < 4.78 is 43.6. The maximum atomic E-state index is 12.9. The van der Waals surface area contributed by atoms with Crippen LogP contribution in [0.2, 0.25) is 0 Å². The molecule has 3 aliphatic heterocycles. The number of aromatic hydroxyl groups is 2. The van der Waals surface area contributed by atoms with Gasteiger partial charge in [0.1, 0.15) is 63.9 Å². The van der Waals surface area contributed by atoms with Gasteiger partial charge in [0, 0.05) is 68.2 Å². The molecule has 0 fully saturated rings. The maximum absolute atomic E-state index is 12.9. The summed E-state index contributed by atoms with van der Waals surface area (Å²) in [5.74, 6) is 3.55. The fourth-order valence-corrected chi connectivity index (χ4v) is 17.1. The third kappa shape index (κ3) is 18.7. The number of benzene rings is 4. The van der Waals surface area contributed by atoms with Crippen LogP contribution in [0, 0.1) is 0 Å². The monoisotopic (exact) mass is 1450 g/mol. The van der Waals surface area contributed by atoms with Crippen LogP contribution in [0.5, 0.6) is 46.0 Å². The number of phenolic OH excluding ortho intramolecular Hbond substituents is 2. The second-order valence-electron chi connectivity index (χ2n) is 26.0. The van der Waals surface area contributed by atoms with Gasteiger partial charge < -0.3 is 38.6 Å². The zero-order valence-corrected chi connectivity index (χ0v) is 60.2. The van der Waals surface area contributed by atoms with Crippen LogP contribution in [0.15, 0.2) is 42.2 Å². The summed E-state index contributed by atoms with van der Waals surface area (Å²) in [7, 11) is 0. The summed E-state index contributed by atoms with van der Waals surface area (Å²) in [6.07, 6.45) is 47.3. The molecule has 87 heavy (non-hydrogen) atoms. The van der Waals surface area contributed by atoms with Crippen LogP contribution in [-0.4, -0.2) is 30.6 Å². The quantitative estimate of drug-likeness (QED) is 0.0425. The van der Waals surface area contributed by atoms with E-state index >= 15 is 0 Å². The Morgan fingerprint density at radius 3 is 0.655 bits per heavy atom. The van der Waals surface area contributed by atoms with Crippen LogP contribution in [0.3, 0.4) is 0 Å². The summed E-state index contributed by atoms with van der Waals surface area (Å²) in [5, 5.41) is 25.9. The van der Waals surface area contributed by atoms with Gasteiger partial charge in [-0.1, -0.05) is 259 Å². The van der Waals surface area contributed by atoms with E-state index in [0.29, 0.717) is 20.4 Å². The van der Waals surface area contributed by atoms with Crippen molar-refractivity contribution in [3.63, 3.8) is 0 Å². The summed E-state index contributed by atoms with van der Waals surface area (Å²) in [6, 6.07) is 9.37. The number of hydrogen-bond acceptors (Lipinski definition) is 8. The minimum atomic E-state index is -0.378. The normalized spacial score (nSPS) is 17.2. The van der Waals surface area contributed by atoms with Gasteiger partial charge in [0.25, 0.3) is 0 Å². The molecule has 8 nitrogen and oxygen atoms in total. The number of hydrogen-bond donors (Lipinski definition) is 2. The highest BCUT2D eigenvalue weighted by molar-refractivity contribution is 9.11. The van der Waals surface area contributed by atoms with Gasteiger partial charge >= 0.3 is 0 Å². The van der Waals surface area contributed by atoms with Crippen LogP contribution >= 0.6 is 63.7 Å². The molecule has 3 heterocycles. The van der Waals surface area contributed by atoms with Gasteiger partial charge in [-0.3, -0.25) is 0 Å². The molecule has 1 aliphatic carbocycles. The smallest absolute Gasteiger partial charge is 0.231 e. The fourth-order valence-electron chi connectivity index (χ4n) is 14.6. The number of fused-ring (bicyclic) bond motifs is 2. The Morgan fingerprint density at radius 2 is 0.437 bits per heavy atom. The van der Waals surface area contributed by atoms with E-state index in [1.807, 2.05) is 0 Å². The molecule has 4 aromatic rings. The standard InChI is InChI=1S/C75H108Br4O8/c1-5-9-13-17-21-25-29-33-37-41-52-56-45-58-53(42-38-34-30-26-22-18-14-10-6-2)60-47-62-55(44-40-36-32-28-24-20-16-12-8-4)63-48-61-54(43-39-35-31-27-23-19-15-11-7-3)59-46-57(52)69(81)65(77)71(59)83-50-85-73(61)67(79)75(63)87-51-86-74(62)66(78)72(60)84-49-82-70(58)64(76)68(56)80/h45-48,52-55,80-81H,5-44,49-51H2,1-4H3. The molecule has 484 valence electrons. The van der Waals surface area contributed by atoms with Crippen molar-refractivity contribution >= 4 is 63.7 Å². The minimum Gasteiger partial charge on any atom is -0.506 e. The summed E-state index contributed by atoms with van der Waals surface area (Å²) in [6.45, 7) is 8.99. The Balaban J connectivity index is 1.33. The van der Waals surface area contributed by atoms with Crippen molar-refractivity contribution < 1.29 is 38.6 Å². The van der Waals surface area contributed by atoms with E-state index in [1.165, 1.54) is 173 Å². The van der Waals surface area contributed by atoms with E-state index in [1.54, 1.807) is 0 Å². The molecule has 4 aromatic carbocycles. The van der Waals surface area contributed by atoms with E-state index in [4.69, 9.17) is 28.4 Å². The maximum Gasteiger partial charge on any atom is 0.231 e. The molecule has 0 amide bonds. The highest BCUT2D eigenvalue weighted by Crippen LogP contribution is 2.60. The molecule has 2 atom stereocenters. The molecular formula is C75H108Br4O8. The lowest BCUT2D eigenvalue weighted by molar-refractivity contribution is 0.0998. The molecule has 4 aliphatic rings. The number of phenols is 2. The predicted molar refractivity (Wildman–Crippen MR) is 373 cm³/mol. The van der Waals surface area contributed by atoms with Crippen LogP contribution in [0.25, 0.3) is 0 Å². The highest BCUT2D eigenvalue weighted by Gasteiger charge is 2.40. The van der Waals surface area contributed by atoms with Crippen LogP contribution < -0.4 is 28.4 Å². The van der Waals surface area contributed by atoms with Crippen molar-refractivity contribution in [2.75, 3.05) is 20.4 Å². The molecule has 12 heteroatoms. The van der Waals surface area contributed by atoms with Gasteiger partial charge in [0.05, 0.1) is 0 Å². The first-order chi connectivity index (χ1) is 42.6. The Morgan fingerprint density at radius 1 is 0.264 bits per heavy atom. The zero-order valence-electron chi connectivity index (χ0n) is 53.9. The Labute approximate surface area is 559 Å². The Kier molecular flexibility index (Phi) is 30.3. The van der Waals surface area contributed by atoms with E-state index in [2.05, 4.69) is 116 Å². The van der Waals surface area contributed by atoms with Gasteiger partial charge in [-0.05, 0) is 114 Å². The minimum absolute atomic E-state index is 0.0204. The molecule has 2 unspecified atom stereocenters. The molecular weight excluding hydrogens is 1350 g/mol. The average Bonchev–Trinajstić information content (AvgIpc) is 1.03. The number of halogens is 4. The third-order valence-corrected chi connectivity index (χ3v) is 22.5. The molecule has 0 saturated carbocycles. The Bertz CT molecular complexity index is 2580. The summed E-state index contributed by atoms with van der Waals surface area (Å²) in [4.78, 5) is 0. The third-order valence-electron chi connectivity index (χ3n) is 19.6. The molecule has 0 saturated heterocycles. The first-order valence-corrected chi connectivity index (χ1v) is 38.4. The summed E-state index contributed by atoms with van der Waals surface area (Å²) in [5.41, 5.74) is 8.02. The molecule has 2 N–H and O–H groups in total. The van der Waals surface area contributed by atoms with Crippen LogP contribution in [0.1, 0.15) is 353 Å². The molecule has 8 rings (SSSR count). The van der Waals surface area contributed by atoms with E-state index in [0.717, 1.165) is 160 Å². The van der Waals surface area contributed by atoms with Crippen molar-refractivity contribution in [2.45, 2.75) is 308 Å². The van der Waals surface area contributed by atoms with Gasteiger partial charge in [-0.2, -0.15) is 0 Å². The molecule has 0 spiro atoms. The second kappa shape index (κ2) is 37.6. The van der Waals surface area contributed by atoms with Crippen molar-refractivity contribution in [3.8, 4) is 46.0 Å². The summed E-state index contributed by atoms with van der Waals surface area (Å²) >= 11 is 16.4. The van der Waals surface area contributed by atoms with E-state index in [-0.39, 0.29) is 55.5 Å². The Hall–Kier alpha value is -2.80. The average molecular weight is 1460 g/mol. The van der Waals surface area contributed by atoms with Crippen molar-refractivity contribution in [3.05, 3.63) is 86.7 Å². The first kappa shape index (κ1) is 70.1. The van der Waals surface area contributed by atoms with Crippen molar-refractivity contribution in [1.29, 1.82) is 0 Å². The number of rotatable bonds is 40.